The molecule has 1 saturated heterocycles. The summed E-state index contributed by atoms with van der Waals surface area (Å²) in [6.07, 6.45) is 1.78. The standard InChI is InChI=1S/C13H21N3O2/c1-9-3-11(4-14)5-15-13(9)16-6-10(2)18-12(7-16)8-17/h3,5,10,12,17H,4,6-8,14H2,1-2H3. The van der Waals surface area contributed by atoms with Crippen LogP contribution >= 0.6 is 0 Å². The van der Waals surface area contributed by atoms with Crippen molar-refractivity contribution in [3.63, 3.8) is 0 Å². The molecule has 2 atom stereocenters. The number of anilines is 1. The van der Waals surface area contributed by atoms with Gasteiger partial charge >= 0.3 is 0 Å². The zero-order valence-electron chi connectivity index (χ0n) is 11.0. The van der Waals surface area contributed by atoms with Crippen molar-refractivity contribution in [1.29, 1.82) is 0 Å². The Hall–Kier alpha value is -1.17. The van der Waals surface area contributed by atoms with Crippen molar-refractivity contribution < 1.29 is 9.84 Å². The van der Waals surface area contributed by atoms with Gasteiger partial charge < -0.3 is 20.5 Å². The van der Waals surface area contributed by atoms with Crippen LogP contribution in [0.1, 0.15) is 18.1 Å². The zero-order valence-corrected chi connectivity index (χ0v) is 11.0. The van der Waals surface area contributed by atoms with Crippen molar-refractivity contribution in [3.8, 4) is 0 Å². The average molecular weight is 251 g/mol. The van der Waals surface area contributed by atoms with Crippen molar-refractivity contribution in [2.45, 2.75) is 32.6 Å². The zero-order chi connectivity index (χ0) is 13.1. The number of nitrogens with two attached hydrogens (primary N) is 1. The van der Waals surface area contributed by atoms with Gasteiger partial charge in [0.1, 0.15) is 5.82 Å². The molecule has 2 rings (SSSR count). The normalized spacial score (nSPS) is 24.3. The molecule has 100 valence electrons. The van der Waals surface area contributed by atoms with Gasteiger partial charge in [0, 0.05) is 25.8 Å². The smallest absolute Gasteiger partial charge is 0.131 e. The molecule has 0 aliphatic carbocycles. The minimum atomic E-state index is -0.135. The lowest BCUT2D eigenvalue weighted by Gasteiger charge is -2.37. The fraction of sp³-hybridized carbons (Fsp3) is 0.615. The van der Waals surface area contributed by atoms with Crippen LogP contribution in [0.3, 0.4) is 0 Å². The van der Waals surface area contributed by atoms with Gasteiger partial charge in [-0.25, -0.2) is 4.98 Å². The molecule has 1 aliphatic rings. The third-order valence-corrected chi connectivity index (χ3v) is 3.17. The van der Waals surface area contributed by atoms with E-state index in [1.54, 1.807) is 0 Å². The first-order chi connectivity index (χ1) is 8.63. The first-order valence-corrected chi connectivity index (χ1v) is 6.31. The Morgan fingerprint density at radius 3 is 2.94 bits per heavy atom. The molecule has 0 saturated carbocycles. The van der Waals surface area contributed by atoms with E-state index in [1.165, 1.54) is 0 Å². The molecule has 18 heavy (non-hydrogen) atoms. The molecule has 0 spiro atoms. The van der Waals surface area contributed by atoms with Gasteiger partial charge in [0.15, 0.2) is 0 Å². The van der Waals surface area contributed by atoms with Crippen LogP contribution in [0.2, 0.25) is 0 Å². The van der Waals surface area contributed by atoms with E-state index >= 15 is 0 Å². The lowest BCUT2D eigenvalue weighted by molar-refractivity contribution is -0.0423. The lowest BCUT2D eigenvalue weighted by Crippen LogP contribution is -2.48. The van der Waals surface area contributed by atoms with Crippen LogP contribution in [-0.4, -0.2) is 42.0 Å². The summed E-state index contributed by atoms with van der Waals surface area (Å²) in [5, 5.41) is 9.24. The van der Waals surface area contributed by atoms with E-state index in [-0.39, 0.29) is 18.8 Å². The first kappa shape index (κ1) is 13.3. The number of hydrogen-bond donors (Lipinski definition) is 2. The van der Waals surface area contributed by atoms with Gasteiger partial charge in [-0.05, 0) is 31.0 Å². The molecule has 2 heterocycles. The third kappa shape index (κ3) is 2.80. The Labute approximate surface area is 108 Å². The summed E-state index contributed by atoms with van der Waals surface area (Å²) in [4.78, 5) is 6.66. The highest BCUT2D eigenvalue weighted by Gasteiger charge is 2.26. The number of ether oxygens (including phenoxy) is 1. The van der Waals surface area contributed by atoms with E-state index in [4.69, 9.17) is 10.5 Å². The van der Waals surface area contributed by atoms with Crippen LogP contribution in [0.4, 0.5) is 5.82 Å². The summed E-state index contributed by atoms with van der Waals surface area (Å²) in [7, 11) is 0. The van der Waals surface area contributed by atoms with Crippen molar-refractivity contribution >= 4 is 5.82 Å². The van der Waals surface area contributed by atoms with Crippen LogP contribution < -0.4 is 10.6 Å². The van der Waals surface area contributed by atoms with Crippen LogP contribution in [0, 0.1) is 6.92 Å². The van der Waals surface area contributed by atoms with Crippen LogP contribution in [0.5, 0.6) is 0 Å². The van der Waals surface area contributed by atoms with Crippen LogP contribution in [0.25, 0.3) is 0 Å². The predicted molar refractivity (Wildman–Crippen MR) is 70.5 cm³/mol. The summed E-state index contributed by atoms with van der Waals surface area (Å²) in [5.41, 5.74) is 7.76. The maximum atomic E-state index is 9.24. The van der Waals surface area contributed by atoms with Crippen LogP contribution in [-0.2, 0) is 11.3 Å². The minimum Gasteiger partial charge on any atom is -0.394 e. The fourth-order valence-electron chi connectivity index (χ4n) is 2.39. The largest absolute Gasteiger partial charge is 0.394 e. The molecule has 3 N–H and O–H groups in total. The Morgan fingerprint density at radius 1 is 1.56 bits per heavy atom. The number of rotatable bonds is 3. The first-order valence-electron chi connectivity index (χ1n) is 6.31. The fourth-order valence-corrected chi connectivity index (χ4v) is 2.39. The molecule has 1 fully saturated rings. The summed E-state index contributed by atoms with van der Waals surface area (Å²) in [6, 6.07) is 2.07. The third-order valence-electron chi connectivity index (χ3n) is 3.17. The molecular weight excluding hydrogens is 230 g/mol. The summed E-state index contributed by atoms with van der Waals surface area (Å²) in [6.45, 7) is 6.07. The number of aromatic nitrogens is 1. The molecule has 5 heteroatoms. The molecule has 0 bridgehead atoms. The second-order valence-corrected chi connectivity index (χ2v) is 4.84. The summed E-state index contributed by atoms with van der Waals surface area (Å²) < 4.78 is 5.63. The number of aliphatic hydroxyl groups excluding tert-OH is 1. The van der Waals surface area contributed by atoms with E-state index in [1.807, 2.05) is 20.0 Å². The number of aliphatic hydroxyl groups is 1. The molecule has 1 aromatic rings. The highest BCUT2D eigenvalue weighted by molar-refractivity contribution is 5.48. The van der Waals surface area contributed by atoms with Crippen molar-refractivity contribution in [1.82, 2.24) is 4.98 Å². The highest BCUT2D eigenvalue weighted by Crippen LogP contribution is 2.22. The SMILES string of the molecule is Cc1cc(CN)cnc1N1CC(C)OC(CO)C1. The molecule has 0 aromatic carbocycles. The van der Waals surface area contributed by atoms with Gasteiger partial charge in [0.05, 0.1) is 18.8 Å². The number of pyridine rings is 1. The maximum Gasteiger partial charge on any atom is 0.131 e. The number of morpholine rings is 1. The second kappa shape index (κ2) is 5.65. The van der Waals surface area contributed by atoms with Gasteiger partial charge in [0.2, 0.25) is 0 Å². The van der Waals surface area contributed by atoms with Gasteiger partial charge in [-0.3, -0.25) is 0 Å². The van der Waals surface area contributed by atoms with Gasteiger partial charge in [0.25, 0.3) is 0 Å². The van der Waals surface area contributed by atoms with Gasteiger partial charge in [-0.2, -0.15) is 0 Å². The second-order valence-electron chi connectivity index (χ2n) is 4.84. The van der Waals surface area contributed by atoms with Gasteiger partial charge in [-0.1, -0.05) is 0 Å². The molecule has 1 aliphatic heterocycles. The lowest BCUT2D eigenvalue weighted by atomic mass is 10.1. The summed E-state index contributed by atoms with van der Waals surface area (Å²) in [5.74, 6) is 0.959. The topological polar surface area (TPSA) is 71.6 Å². The predicted octanol–water partition coefficient (Wildman–Crippen LogP) is 0.435. The molecule has 0 amide bonds. The van der Waals surface area contributed by atoms with E-state index < -0.39 is 0 Å². The average Bonchev–Trinajstić information content (AvgIpc) is 2.37. The van der Waals surface area contributed by atoms with Crippen molar-refractivity contribution in [2.24, 2.45) is 5.73 Å². The van der Waals surface area contributed by atoms with Crippen molar-refractivity contribution in [3.05, 3.63) is 23.4 Å². The van der Waals surface area contributed by atoms with E-state index in [9.17, 15) is 5.11 Å². The quantitative estimate of drug-likeness (QED) is 0.815. The Balaban J connectivity index is 2.19. The van der Waals surface area contributed by atoms with Crippen molar-refractivity contribution in [2.75, 3.05) is 24.6 Å². The monoisotopic (exact) mass is 251 g/mol. The molecule has 5 nitrogen and oxygen atoms in total. The maximum absolute atomic E-state index is 9.24. The van der Waals surface area contributed by atoms with Crippen LogP contribution in [0.15, 0.2) is 12.3 Å². The number of hydrogen-bond acceptors (Lipinski definition) is 5. The molecule has 1 aromatic heterocycles. The van der Waals surface area contributed by atoms with E-state index in [0.29, 0.717) is 13.1 Å². The Bertz CT molecular complexity index is 411. The number of aryl methyl sites for hydroxylation is 1. The van der Waals surface area contributed by atoms with E-state index in [2.05, 4.69) is 16.0 Å². The molecular formula is C13H21N3O2. The minimum absolute atomic E-state index is 0.0424. The molecule has 0 radical (unpaired) electrons. The van der Waals surface area contributed by atoms with E-state index in [0.717, 1.165) is 23.5 Å². The highest BCUT2D eigenvalue weighted by atomic mass is 16.5. The summed E-state index contributed by atoms with van der Waals surface area (Å²) >= 11 is 0. The van der Waals surface area contributed by atoms with Gasteiger partial charge in [-0.15, -0.1) is 0 Å². The Kier molecular flexibility index (Phi) is 4.16. The molecule has 2 unspecified atom stereocenters. The number of nitrogens with zero attached hydrogens (tertiary/aromatic N) is 2. The Morgan fingerprint density at radius 2 is 2.33 bits per heavy atom.